The first-order chi connectivity index (χ1) is 14.9. The highest BCUT2D eigenvalue weighted by atomic mass is 35.5. The maximum atomic E-state index is 13.9. The molecule has 1 unspecified atom stereocenters. The average molecular weight is 457 g/mol. The number of hydrogen-bond donors (Lipinski definition) is 0. The summed E-state index contributed by atoms with van der Waals surface area (Å²) in [5.41, 5.74) is 2.47. The van der Waals surface area contributed by atoms with E-state index in [-0.39, 0.29) is 35.0 Å². The van der Waals surface area contributed by atoms with Crippen LogP contribution in [0.15, 0.2) is 66.7 Å². The normalized spacial score (nSPS) is 20.1. The van der Waals surface area contributed by atoms with Crippen molar-refractivity contribution >= 4 is 46.6 Å². The predicted octanol–water partition coefficient (Wildman–Crippen LogP) is 5.10. The Morgan fingerprint density at radius 1 is 1.00 bits per heavy atom. The van der Waals surface area contributed by atoms with E-state index in [4.69, 9.17) is 11.6 Å². The molecule has 3 aromatic carbocycles. The largest absolute Gasteiger partial charge is 0.304 e. The van der Waals surface area contributed by atoms with Gasteiger partial charge in [-0.05, 0) is 42.0 Å². The highest BCUT2D eigenvalue weighted by Crippen LogP contribution is 2.56. The Hall–Kier alpha value is -2.90. The van der Waals surface area contributed by atoms with Crippen molar-refractivity contribution in [2.75, 3.05) is 15.6 Å². The van der Waals surface area contributed by atoms with Crippen molar-refractivity contribution in [1.29, 1.82) is 0 Å². The van der Waals surface area contributed by atoms with E-state index in [1.165, 1.54) is 47.0 Å². The number of carbonyl (C=O) groups excluding carboxylic acids is 2. The molecule has 1 saturated heterocycles. The molecular weight excluding hydrogens is 442 g/mol. The standard InChI is InChI=1S/C23H15ClF2N2O2S/c24-18-11-16(9-10-19(18)26)28-21(29)13-31-23(28)17-3-1-2-4-20(17)27(22(23)30)12-14-5-7-15(25)8-6-14/h1-11H,12-13H2. The lowest BCUT2D eigenvalue weighted by atomic mass is 10.0. The van der Waals surface area contributed by atoms with Crippen molar-refractivity contribution < 1.29 is 18.4 Å². The summed E-state index contributed by atoms with van der Waals surface area (Å²) in [5, 5.41) is -0.126. The second kappa shape index (κ2) is 7.35. The third kappa shape index (κ3) is 3.03. The minimum atomic E-state index is -1.31. The van der Waals surface area contributed by atoms with Crippen LogP contribution >= 0.6 is 23.4 Å². The van der Waals surface area contributed by atoms with Gasteiger partial charge in [-0.3, -0.25) is 14.5 Å². The number of hydrogen-bond acceptors (Lipinski definition) is 3. The van der Waals surface area contributed by atoms with E-state index >= 15 is 0 Å². The van der Waals surface area contributed by atoms with Gasteiger partial charge in [-0.15, -0.1) is 11.8 Å². The molecule has 0 bridgehead atoms. The Morgan fingerprint density at radius 3 is 2.48 bits per heavy atom. The Bertz CT molecular complexity index is 1220. The molecule has 4 nitrogen and oxygen atoms in total. The zero-order valence-corrected chi connectivity index (χ0v) is 17.6. The van der Waals surface area contributed by atoms with Crippen LogP contribution in [-0.4, -0.2) is 17.6 Å². The van der Waals surface area contributed by atoms with Gasteiger partial charge in [0.2, 0.25) is 10.8 Å². The topological polar surface area (TPSA) is 40.6 Å². The van der Waals surface area contributed by atoms with Crippen LogP contribution in [0.1, 0.15) is 11.1 Å². The second-order valence-electron chi connectivity index (χ2n) is 7.30. The fourth-order valence-electron chi connectivity index (χ4n) is 4.11. The van der Waals surface area contributed by atoms with Crippen LogP contribution in [0.25, 0.3) is 0 Å². The van der Waals surface area contributed by atoms with Crippen LogP contribution < -0.4 is 9.80 Å². The Balaban J connectivity index is 1.63. The van der Waals surface area contributed by atoms with E-state index in [2.05, 4.69) is 0 Å². The predicted molar refractivity (Wildman–Crippen MR) is 117 cm³/mol. The Labute approximate surface area is 186 Å². The summed E-state index contributed by atoms with van der Waals surface area (Å²) < 4.78 is 27.1. The van der Waals surface area contributed by atoms with Crippen molar-refractivity contribution in [1.82, 2.24) is 0 Å². The lowest BCUT2D eigenvalue weighted by Gasteiger charge is -2.33. The summed E-state index contributed by atoms with van der Waals surface area (Å²) in [7, 11) is 0. The van der Waals surface area contributed by atoms with E-state index in [0.717, 1.165) is 5.56 Å². The van der Waals surface area contributed by atoms with Crippen LogP contribution in [0.2, 0.25) is 5.02 Å². The number of thioether (sulfide) groups is 1. The molecule has 1 spiro atoms. The van der Waals surface area contributed by atoms with E-state index in [1.54, 1.807) is 17.0 Å². The van der Waals surface area contributed by atoms with Gasteiger partial charge in [-0.2, -0.15) is 0 Å². The third-order valence-electron chi connectivity index (χ3n) is 5.48. The Morgan fingerprint density at radius 2 is 1.74 bits per heavy atom. The number of benzene rings is 3. The van der Waals surface area contributed by atoms with Crippen LogP contribution in [0.5, 0.6) is 0 Å². The number of amides is 2. The molecule has 0 radical (unpaired) electrons. The number of nitrogens with zero attached hydrogens (tertiary/aromatic N) is 2. The fourth-order valence-corrected chi connectivity index (χ4v) is 5.64. The first-order valence-electron chi connectivity index (χ1n) is 9.50. The number of fused-ring (bicyclic) bond motifs is 2. The van der Waals surface area contributed by atoms with Gasteiger partial charge in [0.1, 0.15) is 11.6 Å². The summed E-state index contributed by atoms with van der Waals surface area (Å²) >= 11 is 7.20. The first kappa shape index (κ1) is 20.0. The SMILES string of the molecule is O=C1CSC2(C(=O)N(Cc3ccc(F)cc3)c3ccccc32)N1c1ccc(F)c(Cl)c1. The molecule has 31 heavy (non-hydrogen) atoms. The van der Waals surface area contributed by atoms with Crippen molar-refractivity contribution in [2.24, 2.45) is 0 Å². The number of carbonyl (C=O) groups is 2. The summed E-state index contributed by atoms with van der Waals surface area (Å²) in [6, 6.07) is 17.2. The van der Waals surface area contributed by atoms with Crippen molar-refractivity contribution in [3.05, 3.63) is 94.5 Å². The number of anilines is 2. The lowest BCUT2D eigenvalue weighted by molar-refractivity contribution is -0.123. The first-order valence-corrected chi connectivity index (χ1v) is 10.9. The van der Waals surface area contributed by atoms with Gasteiger partial charge in [0.25, 0.3) is 5.91 Å². The molecule has 3 aromatic rings. The molecule has 1 atom stereocenters. The smallest absolute Gasteiger partial charge is 0.269 e. The minimum Gasteiger partial charge on any atom is -0.304 e. The zero-order valence-electron chi connectivity index (χ0n) is 16.0. The Kier molecular flexibility index (Phi) is 4.75. The van der Waals surface area contributed by atoms with Crippen molar-refractivity contribution in [2.45, 2.75) is 11.4 Å². The van der Waals surface area contributed by atoms with Gasteiger partial charge in [-0.1, -0.05) is 41.9 Å². The fraction of sp³-hybridized carbons (Fsp3) is 0.130. The second-order valence-corrected chi connectivity index (χ2v) is 8.87. The molecule has 8 heteroatoms. The molecule has 2 amide bonds. The molecule has 0 saturated carbocycles. The van der Waals surface area contributed by atoms with Gasteiger partial charge in [-0.25, -0.2) is 8.78 Å². The highest BCUT2D eigenvalue weighted by molar-refractivity contribution is 8.02. The average Bonchev–Trinajstić information content (AvgIpc) is 3.23. The highest BCUT2D eigenvalue weighted by Gasteiger charge is 2.60. The molecule has 2 aliphatic rings. The molecule has 156 valence electrons. The molecule has 2 heterocycles. The monoisotopic (exact) mass is 456 g/mol. The zero-order chi connectivity index (χ0) is 21.8. The number of rotatable bonds is 3. The maximum Gasteiger partial charge on any atom is 0.269 e. The maximum absolute atomic E-state index is 13.9. The number of halogens is 3. The molecule has 0 N–H and O–H groups in total. The van der Waals surface area contributed by atoms with Gasteiger partial charge in [0, 0.05) is 11.3 Å². The quantitative estimate of drug-likeness (QED) is 0.550. The summed E-state index contributed by atoms with van der Waals surface area (Å²) in [6.07, 6.45) is 0. The lowest BCUT2D eigenvalue weighted by Crippen LogP contribution is -2.49. The summed E-state index contributed by atoms with van der Waals surface area (Å²) in [6.45, 7) is 0.227. The molecule has 0 aromatic heterocycles. The minimum absolute atomic E-state index is 0.0967. The third-order valence-corrected chi connectivity index (χ3v) is 7.15. The van der Waals surface area contributed by atoms with Crippen LogP contribution in [0.3, 0.4) is 0 Å². The van der Waals surface area contributed by atoms with Gasteiger partial charge in [0.05, 0.1) is 23.0 Å². The van der Waals surface area contributed by atoms with Crippen LogP contribution in [0, 0.1) is 11.6 Å². The summed E-state index contributed by atoms with van der Waals surface area (Å²) in [4.78, 5) is 28.5. The molecule has 2 aliphatic heterocycles. The van der Waals surface area contributed by atoms with E-state index in [9.17, 15) is 18.4 Å². The van der Waals surface area contributed by atoms with Crippen LogP contribution in [0.4, 0.5) is 20.2 Å². The van der Waals surface area contributed by atoms with Crippen molar-refractivity contribution in [3.63, 3.8) is 0 Å². The van der Waals surface area contributed by atoms with E-state index in [1.807, 2.05) is 24.3 Å². The van der Waals surface area contributed by atoms with Gasteiger partial charge >= 0.3 is 0 Å². The number of para-hydroxylation sites is 1. The molecular formula is C23H15ClF2N2O2S. The van der Waals surface area contributed by atoms with Gasteiger partial charge in [0.15, 0.2) is 0 Å². The summed E-state index contributed by atoms with van der Waals surface area (Å²) in [5.74, 6) is -1.41. The van der Waals surface area contributed by atoms with Gasteiger partial charge < -0.3 is 4.90 Å². The molecule has 0 aliphatic carbocycles. The van der Waals surface area contributed by atoms with Crippen LogP contribution in [-0.2, 0) is 21.0 Å². The van der Waals surface area contributed by atoms with E-state index < -0.39 is 10.7 Å². The van der Waals surface area contributed by atoms with E-state index in [0.29, 0.717) is 16.9 Å². The van der Waals surface area contributed by atoms with Crippen molar-refractivity contribution in [3.8, 4) is 0 Å². The molecule has 5 rings (SSSR count). The molecule has 1 fully saturated rings.